The molecule has 0 spiro atoms. The number of amides is 2. The molecule has 0 aliphatic heterocycles. The van der Waals surface area contributed by atoms with E-state index in [0.717, 1.165) is 23.0 Å². The maximum atomic E-state index is 13.2. The molecule has 156 valence electrons. The third kappa shape index (κ3) is 5.70. The summed E-state index contributed by atoms with van der Waals surface area (Å²) in [6.07, 6.45) is 4.72. The van der Waals surface area contributed by atoms with E-state index < -0.39 is 0 Å². The van der Waals surface area contributed by atoms with Gasteiger partial charge in [-0.2, -0.15) is 0 Å². The van der Waals surface area contributed by atoms with E-state index in [1.807, 2.05) is 53.0 Å². The summed E-state index contributed by atoms with van der Waals surface area (Å²) in [5, 5.41) is 0. The van der Waals surface area contributed by atoms with E-state index in [0.29, 0.717) is 31.7 Å². The highest BCUT2D eigenvalue weighted by atomic mass is 79.9. The van der Waals surface area contributed by atoms with E-state index in [-0.39, 0.29) is 24.4 Å². The minimum atomic E-state index is -0.142. The summed E-state index contributed by atoms with van der Waals surface area (Å²) in [7, 11) is 3.62. The Balaban J connectivity index is 1.74. The summed E-state index contributed by atoms with van der Waals surface area (Å²) >= 11 is 3.45. The first-order valence-electron chi connectivity index (χ1n) is 9.93. The molecule has 0 N–H and O–H groups in total. The van der Waals surface area contributed by atoms with Crippen molar-refractivity contribution in [3.63, 3.8) is 0 Å². The summed E-state index contributed by atoms with van der Waals surface area (Å²) < 4.78 is 7.91. The van der Waals surface area contributed by atoms with Gasteiger partial charge in [-0.3, -0.25) is 9.59 Å². The van der Waals surface area contributed by atoms with Crippen molar-refractivity contribution in [3.05, 3.63) is 58.3 Å². The largest absolute Gasteiger partial charge is 0.385 e. The van der Waals surface area contributed by atoms with Crippen LogP contribution in [0.5, 0.6) is 0 Å². The van der Waals surface area contributed by atoms with Crippen LogP contribution < -0.4 is 0 Å². The summed E-state index contributed by atoms with van der Waals surface area (Å²) in [6.45, 7) is 1.67. The SMILES string of the molecule is COCCCN(CC(=O)N(Cc1cccn1C)C1CC1)C(=O)c1ccccc1Br. The molecule has 1 aliphatic carbocycles. The zero-order valence-corrected chi connectivity index (χ0v) is 18.6. The third-order valence-corrected chi connectivity index (χ3v) is 5.88. The fourth-order valence-corrected chi connectivity index (χ4v) is 3.81. The second-order valence-electron chi connectivity index (χ2n) is 7.42. The Labute approximate surface area is 180 Å². The zero-order valence-electron chi connectivity index (χ0n) is 17.0. The smallest absolute Gasteiger partial charge is 0.255 e. The fourth-order valence-electron chi connectivity index (χ4n) is 3.35. The highest BCUT2D eigenvalue weighted by molar-refractivity contribution is 9.10. The van der Waals surface area contributed by atoms with Crippen molar-refractivity contribution in [3.8, 4) is 0 Å². The first kappa shape index (κ1) is 21.6. The van der Waals surface area contributed by atoms with Crippen molar-refractivity contribution in [1.82, 2.24) is 14.4 Å². The van der Waals surface area contributed by atoms with Crippen molar-refractivity contribution >= 4 is 27.7 Å². The maximum absolute atomic E-state index is 13.2. The Kier molecular flexibility index (Phi) is 7.50. The van der Waals surface area contributed by atoms with Gasteiger partial charge in [-0.25, -0.2) is 0 Å². The lowest BCUT2D eigenvalue weighted by Gasteiger charge is -2.28. The molecular formula is C22H28BrN3O3. The molecule has 6 nitrogen and oxygen atoms in total. The fraction of sp³-hybridized carbons (Fsp3) is 0.455. The molecule has 0 bridgehead atoms. The van der Waals surface area contributed by atoms with Crippen LogP contribution in [0.3, 0.4) is 0 Å². The number of ether oxygens (including phenoxy) is 1. The van der Waals surface area contributed by atoms with Crippen molar-refractivity contribution in [1.29, 1.82) is 0 Å². The molecule has 0 unspecified atom stereocenters. The maximum Gasteiger partial charge on any atom is 0.255 e. The zero-order chi connectivity index (χ0) is 20.8. The van der Waals surface area contributed by atoms with Gasteiger partial charge in [0, 0.05) is 49.7 Å². The molecule has 1 aliphatic rings. The summed E-state index contributed by atoms with van der Waals surface area (Å²) in [5.74, 6) is -0.150. The average Bonchev–Trinajstić information content (AvgIpc) is 3.47. The highest BCUT2D eigenvalue weighted by Crippen LogP contribution is 2.29. The average molecular weight is 462 g/mol. The molecule has 0 saturated heterocycles. The van der Waals surface area contributed by atoms with Gasteiger partial charge in [-0.1, -0.05) is 12.1 Å². The van der Waals surface area contributed by atoms with Crippen molar-refractivity contribution in [2.24, 2.45) is 7.05 Å². The number of rotatable bonds is 10. The summed E-state index contributed by atoms with van der Waals surface area (Å²) in [4.78, 5) is 29.9. The van der Waals surface area contributed by atoms with Gasteiger partial charge in [0.05, 0.1) is 12.1 Å². The van der Waals surface area contributed by atoms with E-state index in [1.54, 1.807) is 18.1 Å². The van der Waals surface area contributed by atoms with Crippen LogP contribution >= 0.6 is 15.9 Å². The highest BCUT2D eigenvalue weighted by Gasteiger charge is 2.34. The Hall–Kier alpha value is -2.12. The van der Waals surface area contributed by atoms with Gasteiger partial charge in [0.25, 0.3) is 5.91 Å². The van der Waals surface area contributed by atoms with Gasteiger partial charge >= 0.3 is 0 Å². The van der Waals surface area contributed by atoms with E-state index >= 15 is 0 Å². The van der Waals surface area contributed by atoms with E-state index in [2.05, 4.69) is 15.9 Å². The van der Waals surface area contributed by atoms with Crippen LogP contribution in [0, 0.1) is 0 Å². The lowest BCUT2D eigenvalue weighted by molar-refractivity contribution is -0.133. The van der Waals surface area contributed by atoms with Crippen LogP contribution in [-0.2, 0) is 23.1 Å². The van der Waals surface area contributed by atoms with Gasteiger partial charge < -0.3 is 19.1 Å². The summed E-state index contributed by atoms with van der Waals surface area (Å²) in [5.41, 5.74) is 1.66. The van der Waals surface area contributed by atoms with Gasteiger partial charge in [0.1, 0.15) is 6.54 Å². The minimum Gasteiger partial charge on any atom is -0.385 e. The predicted octanol–water partition coefficient (Wildman–Crippen LogP) is 3.46. The molecule has 3 rings (SSSR count). The number of aryl methyl sites for hydroxylation is 1. The van der Waals surface area contributed by atoms with Crippen LogP contribution in [-0.4, -0.2) is 59.0 Å². The van der Waals surface area contributed by atoms with Crippen molar-refractivity contribution in [2.45, 2.75) is 31.8 Å². The number of carbonyl (C=O) groups excluding carboxylic acids is 2. The first-order valence-corrected chi connectivity index (χ1v) is 10.7. The second-order valence-corrected chi connectivity index (χ2v) is 8.27. The number of hydrogen-bond acceptors (Lipinski definition) is 3. The van der Waals surface area contributed by atoms with Gasteiger partial charge in [0.15, 0.2) is 0 Å². The summed E-state index contributed by atoms with van der Waals surface area (Å²) in [6, 6.07) is 11.6. The number of aromatic nitrogens is 1. The molecule has 1 saturated carbocycles. The molecule has 0 radical (unpaired) electrons. The van der Waals surface area contributed by atoms with Gasteiger partial charge in [-0.15, -0.1) is 0 Å². The topological polar surface area (TPSA) is 54.8 Å². The molecule has 0 atom stereocenters. The molecular weight excluding hydrogens is 434 g/mol. The molecule has 1 heterocycles. The van der Waals surface area contributed by atoms with Crippen molar-refractivity contribution < 1.29 is 14.3 Å². The lowest BCUT2D eigenvalue weighted by atomic mass is 10.2. The Morgan fingerprint density at radius 3 is 2.59 bits per heavy atom. The lowest BCUT2D eigenvalue weighted by Crippen LogP contribution is -2.44. The molecule has 2 aromatic rings. The number of benzene rings is 1. The second kappa shape index (κ2) is 10.1. The number of carbonyl (C=O) groups is 2. The minimum absolute atomic E-state index is 0.00785. The van der Waals surface area contributed by atoms with Crippen LogP contribution in [0.1, 0.15) is 35.3 Å². The third-order valence-electron chi connectivity index (χ3n) is 5.19. The molecule has 2 amide bonds. The van der Waals surface area contributed by atoms with Gasteiger partial charge in [-0.05, 0) is 59.5 Å². The number of nitrogens with zero attached hydrogens (tertiary/aromatic N) is 3. The van der Waals surface area contributed by atoms with Crippen LogP contribution in [0.25, 0.3) is 0 Å². The Morgan fingerprint density at radius 1 is 1.21 bits per heavy atom. The monoisotopic (exact) mass is 461 g/mol. The Morgan fingerprint density at radius 2 is 1.97 bits per heavy atom. The van der Waals surface area contributed by atoms with E-state index in [4.69, 9.17) is 4.74 Å². The number of methoxy groups -OCH3 is 1. The standard InChI is InChI=1S/C22H28BrN3O3/c1-24-12-5-7-18(24)15-26(17-10-11-17)21(27)16-25(13-6-14-29-2)22(28)19-8-3-4-9-20(19)23/h3-5,7-9,12,17H,6,10-11,13-16H2,1-2H3. The molecule has 29 heavy (non-hydrogen) atoms. The Bertz CT molecular complexity index is 847. The van der Waals surface area contributed by atoms with E-state index in [1.165, 1.54) is 0 Å². The molecule has 1 aromatic heterocycles. The van der Waals surface area contributed by atoms with Crippen LogP contribution in [0.4, 0.5) is 0 Å². The number of halogens is 1. The molecule has 1 aromatic carbocycles. The van der Waals surface area contributed by atoms with E-state index in [9.17, 15) is 9.59 Å². The van der Waals surface area contributed by atoms with Crippen LogP contribution in [0.2, 0.25) is 0 Å². The normalized spacial score (nSPS) is 13.3. The number of hydrogen-bond donors (Lipinski definition) is 0. The molecule has 7 heteroatoms. The van der Waals surface area contributed by atoms with Gasteiger partial charge in [0.2, 0.25) is 5.91 Å². The predicted molar refractivity (Wildman–Crippen MR) is 116 cm³/mol. The van der Waals surface area contributed by atoms with Crippen LogP contribution in [0.15, 0.2) is 47.1 Å². The first-order chi connectivity index (χ1) is 14.0. The molecule has 1 fully saturated rings. The van der Waals surface area contributed by atoms with Crippen molar-refractivity contribution in [2.75, 3.05) is 26.8 Å². The quantitative estimate of drug-likeness (QED) is 0.509.